The molecule has 0 aliphatic heterocycles. The Balaban J connectivity index is 1.53. The number of aliphatic hydroxyl groups is 1. The lowest BCUT2D eigenvalue weighted by molar-refractivity contribution is -0.133. The van der Waals surface area contributed by atoms with Gasteiger partial charge in [-0.3, -0.25) is 4.79 Å². The van der Waals surface area contributed by atoms with Crippen molar-refractivity contribution in [3.8, 4) is 12.3 Å². The van der Waals surface area contributed by atoms with Gasteiger partial charge in [0.15, 0.2) is 5.78 Å². The van der Waals surface area contributed by atoms with Crippen LogP contribution < -0.4 is 0 Å². The first-order chi connectivity index (χ1) is 11.6. The maximum Gasteiger partial charge on any atom is 0.161 e. The predicted molar refractivity (Wildman–Crippen MR) is 95.0 cm³/mol. The monoisotopic (exact) mass is 328 g/mol. The van der Waals surface area contributed by atoms with E-state index in [4.69, 9.17) is 6.42 Å². The third-order valence-corrected chi connectivity index (χ3v) is 8.73. The van der Waals surface area contributed by atoms with Crippen molar-refractivity contribution in [2.45, 2.75) is 64.7 Å². The van der Waals surface area contributed by atoms with Gasteiger partial charge in [-0.1, -0.05) is 6.92 Å². The molecule has 8 unspecified atom stereocenters. The second-order valence-corrected chi connectivity index (χ2v) is 9.41. The minimum atomic E-state index is -0.265. The first-order valence-electron chi connectivity index (χ1n) is 10.2. The van der Waals surface area contributed by atoms with Gasteiger partial charge >= 0.3 is 0 Å². The topological polar surface area (TPSA) is 37.3 Å². The highest BCUT2D eigenvalue weighted by molar-refractivity contribution is 5.83. The largest absolute Gasteiger partial charge is 0.389 e. The molecule has 4 aliphatic carbocycles. The SMILES string of the molecule is C#CC1CCC2C(CCC3C2CCC2(C)C(C(=O)CO)CCC32)C1. The quantitative estimate of drug-likeness (QED) is 0.776. The van der Waals surface area contributed by atoms with Gasteiger partial charge in [0.05, 0.1) is 0 Å². The van der Waals surface area contributed by atoms with Crippen molar-refractivity contribution in [3.05, 3.63) is 0 Å². The van der Waals surface area contributed by atoms with E-state index in [2.05, 4.69) is 12.8 Å². The zero-order valence-electron chi connectivity index (χ0n) is 15.0. The number of Topliss-reactive ketones (excluding diaryl/α,β-unsaturated/α-hetero) is 1. The summed E-state index contributed by atoms with van der Waals surface area (Å²) in [6.07, 6.45) is 16.9. The summed E-state index contributed by atoms with van der Waals surface area (Å²) in [5.74, 6) is 7.92. The van der Waals surface area contributed by atoms with E-state index in [-0.39, 0.29) is 23.7 Å². The fourth-order valence-corrected chi connectivity index (χ4v) is 7.64. The van der Waals surface area contributed by atoms with E-state index in [0.29, 0.717) is 11.8 Å². The van der Waals surface area contributed by atoms with Gasteiger partial charge in [-0.15, -0.1) is 12.3 Å². The third-order valence-electron chi connectivity index (χ3n) is 8.73. The Morgan fingerprint density at radius 2 is 1.88 bits per heavy atom. The van der Waals surface area contributed by atoms with Crippen LogP contribution in [0.4, 0.5) is 0 Å². The number of hydrogen-bond acceptors (Lipinski definition) is 2. The van der Waals surface area contributed by atoms with Gasteiger partial charge in [-0.05, 0) is 92.8 Å². The van der Waals surface area contributed by atoms with Crippen molar-refractivity contribution >= 4 is 5.78 Å². The first kappa shape index (κ1) is 16.6. The molecule has 1 N–H and O–H groups in total. The molecule has 4 rings (SSSR count). The summed E-state index contributed by atoms with van der Waals surface area (Å²) >= 11 is 0. The van der Waals surface area contributed by atoms with Crippen molar-refractivity contribution < 1.29 is 9.90 Å². The molecule has 132 valence electrons. The van der Waals surface area contributed by atoms with Gasteiger partial charge in [-0.25, -0.2) is 0 Å². The summed E-state index contributed by atoms with van der Waals surface area (Å²) in [6.45, 7) is 2.10. The minimum Gasteiger partial charge on any atom is -0.389 e. The Bertz CT molecular complexity index is 547. The second-order valence-electron chi connectivity index (χ2n) is 9.41. The van der Waals surface area contributed by atoms with Gasteiger partial charge in [0, 0.05) is 11.8 Å². The van der Waals surface area contributed by atoms with E-state index in [1.165, 1.54) is 51.4 Å². The van der Waals surface area contributed by atoms with Crippen LogP contribution in [0.25, 0.3) is 0 Å². The van der Waals surface area contributed by atoms with Crippen molar-refractivity contribution in [3.63, 3.8) is 0 Å². The molecule has 4 fully saturated rings. The van der Waals surface area contributed by atoms with Crippen LogP contribution in [-0.2, 0) is 4.79 Å². The van der Waals surface area contributed by atoms with Crippen LogP contribution in [-0.4, -0.2) is 17.5 Å². The van der Waals surface area contributed by atoms with E-state index in [0.717, 1.165) is 30.1 Å². The molecule has 0 radical (unpaired) electrons. The molecule has 2 heteroatoms. The molecule has 0 saturated heterocycles. The highest BCUT2D eigenvalue weighted by Gasteiger charge is 2.58. The number of ketones is 1. The Morgan fingerprint density at radius 1 is 1.08 bits per heavy atom. The van der Waals surface area contributed by atoms with E-state index >= 15 is 0 Å². The van der Waals surface area contributed by atoms with Crippen molar-refractivity contribution in [1.29, 1.82) is 0 Å². The van der Waals surface area contributed by atoms with E-state index in [9.17, 15) is 9.90 Å². The smallest absolute Gasteiger partial charge is 0.161 e. The maximum absolute atomic E-state index is 12.3. The number of aliphatic hydroxyl groups excluding tert-OH is 1. The first-order valence-corrected chi connectivity index (χ1v) is 10.2. The molecule has 0 heterocycles. The number of rotatable bonds is 2. The Morgan fingerprint density at radius 3 is 2.62 bits per heavy atom. The van der Waals surface area contributed by atoms with Gasteiger partial charge in [0.25, 0.3) is 0 Å². The predicted octanol–water partition coefficient (Wildman–Crippen LogP) is 4.07. The number of carbonyl (C=O) groups excluding carboxylic acids is 1. The third kappa shape index (κ3) is 2.38. The molecule has 0 aromatic heterocycles. The highest BCUT2D eigenvalue weighted by Crippen LogP contribution is 2.64. The van der Waals surface area contributed by atoms with Gasteiger partial charge in [0.2, 0.25) is 0 Å². The summed E-state index contributed by atoms with van der Waals surface area (Å²) < 4.78 is 0. The summed E-state index contributed by atoms with van der Waals surface area (Å²) in [4.78, 5) is 12.3. The zero-order valence-corrected chi connectivity index (χ0v) is 15.0. The molecular formula is C22H32O2. The van der Waals surface area contributed by atoms with Crippen LogP contribution in [0.15, 0.2) is 0 Å². The maximum atomic E-state index is 12.3. The summed E-state index contributed by atoms with van der Waals surface area (Å²) in [7, 11) is 0. The van der Waals surface area contributed by atoms with Crippen molar-refractivity contribution in [1.82, 2.24) is 0 Å². The molecule has 24 heavy (non-hydrogen) atoms. The second kappa shape index (κ2) is 6.17. The fourth-order valence-electron chi connectivity index (χ4n) is 7.64. The standard InChI is InChI=1S/C22H32O2/c1-3-14-4-6-16-15(12-14)5-7-18-17(16)10-11-22(2)19(18)8-9-20(22)21(24)13-23/h1,14-20,23H,4-13H2,2H3. The normalized spacial score (nSPS) is 50.3. The molecule has 8 atom stereocenters. The lowest BCUT2D eigenvalue weighted by Gasteiger charge is -2.56. The van der Waals surface area contributed by atoms with Crippen LogP contribution in [0.3, 0.4) is 0 Å². The van der Waals surface area contributed by atoms with Crippen LogP contribution in [0.1, 0.15) is 64.7 Å². The molecular weight excluding hydrogens is 296 g/mol. The number of carbonyl (C=O) groups is 1. The van der Waals surface area contributed by atoms with Crippen molar-refractivity contribution in [2.75, 3.05) is 6.61 Å². The molecule has 0 aromatic carbocycles. The highest BCUT2D eigenvalue weighted by atomic mass is 16.3. The van der Waals surface area contributed by atoms with Crippen LogP contribution >= 0.6 is 0 Å². The molecule has 4 aliphatic rings. The van der Waals surface area contributed by atoms with Crippen LogP contribution in [0, 0.1) is 59.2 Å². The summed E-state index contributed by atoms with van der Waals surface area (Å²) in [5.41, 5.74) is 0.157. The van der Waals surface area contributed by atoms with E-state index in [1.807, 2.05) is 0 Å². The average Bonchev–Trinajstić information content (AvgIpc) is 2.97. The van der Waals surface area contributed by atoms with Crippen molar-refractivity contribution in [2.24, 2.45) is 46.8 Å². The molecule has 0 bridgehead atoms. The van der Waals surface area contributed by atoms with Crippen LogP contribution in [0.5, 0.6) is 0 Å². The lowest BCUT2D eigenvalue weighted by Crippen LogP contribution is -2.49. The number of hydrogen-bond donors (Lipinski definition) is 1. The fraction of sp³-hybridized carbons (Fsp3) is 0.864. The summed E-state index contributed by atoms with van der Waals surface area (Å²) in [6, 6.07) is 0. The zero-order chi connectivity index (χ0) is 16.9. The van der Waals surface area contributed by atoms with E-state index in [1.54, 1.807) is 0 Å². The van der Waals surface area contributed by atoms with E-state index < -0.39 is 0 Å². The number of terminal acetylenes is 1. The molecule has 0 spiro atoms. The molecule has 0 amide bonds. The molecule has 0 aromatic rings. The lowest BCUT2D eigenvalue weighted by atomic mass is 9.49. The van der Waals surface area contributed by atoms with Gasteiger partial charge in [-0.2, -0.15) is 0 Å². The Labute approximate surface area is 146 Å². The Hall–Kier alpha value is -0.810. The number of fused-ring (bicyclic) bond motifs is 5. The minimum absolute atomic E-state index is 0.0988. The molecule has 2 nitrogen and oxygen atoms in total. The van der Waals surface area contributed by atoms with Crippen LogP contribution in [0.2, 0.25) is 0 Å². The van der Waals surface area contributed by atoms with Gasteiger partial charge < -0.3 is 5.11 Å². The molecule has 4 saturated carbocycles. The summed E-state index contributed by atoms with van der Waals surface area (Å²) in [5, 5.41) is 9.37. The Kier molecular flexibility index (Phi) is 4.28. The average molecular weight is 328 g/mol. The van der Waals surface area contributed by atoms with Gasteiger partial charge in [0.1, 0.15) is 6.61 Å².